The van der Waals surface area contributed by atoms with E-state index in [1.165, 1.54) is 0 Å². The summed E-state index contributed by atoms with van der Waals surface area (Å²) in [4.78, 5) is 38.7. The van der Waals surface area contributed by atoms with Crippen LogP contribution in [0.3, 0.4) is 0 Å². The number of hydrogen-bond donors (Lipinski definition) is 0. The number of benzene rings is 1. The summed E-state index contributed by atoms with van der Waals surface area (Å²) in [6, 6.07) is 18.8. The highest BCUT2D eigenvalue weighted by Gasteiger charge is 2.22. The molecular formula is C27H27N5O3. The van der Waals surface area contributed by atoms with Gasteiger partial charge in [-0.15, -0.1) is 0 Å². The summed E-state index contributed by atoms with van der Waals surface area (Å²) >= 11 is 0. The number of carbonyl (C=O) groups excluding carboxylic acids is 1. The maximum atomic E-state index is 13.0. The standard InChI is InChI=1S/C27H27N5O3/c1-19-6-5-8-24-29-25(20(2)26(33)32(19)24)35-18-21-9-11-22(12-10-21)27(34)31-16-14-30(15-17-31)23-7-3-4-13-28-23/h3-13H,14-18H2,1-2H3. The van der Waals surface area contributed by atoms with Gasteiger partial charge in [0.1, 0.15) is 18.1 Å². The lowest BCUT2D eigenvalue weighted by atomic mass is 10.1. The first-order valence-corrected chi connectivity index (χ1v) is 11.7. The molecule has 0 radical (unpaired) electrons. The number of rotatable bonds is 5. The molecule has 0 saturated carbocycles. The van der Waals surface area contributed by atoms with E-state index in [0.717, 1.165) is 30.2 Å². The van der Waals surface area contributed by atoms with Crippen molar-refractivity contribution in [3.05, 3.63) is 99.6 Å². The predicted octanol–water partition coefficient (Wildman–Crippen LogP) is 3.25. The van der Waals surface area contributed by atoms with E-state index in [0.29, 0.717) is 35.7 Å². The van der Waals surface area contributed by atoms with E-state index in [4.69, 9.17) is 4.74 Å². The summed E-state index contributed by atoms with van der Waals surface area (Å²) in [5.74, 6) is 1.29. The molecular weight excluding hydrogens is 442 g/mol. The Labute approximate surface area is 203 Å². The van der Waals surface area contributed by atoms with Crippen LogP contribution in [0.4, 0.5) is 5.82 Å². The van der Waals surface area contributed by atoms with Gasteiger partial charge in [-0.05, 0) is 55.8 Å². The molecule has 0 spiro atoms. The summed E-state index contributed by atoms with van der Waals surface area (Å²) in [6.45, 7) is 6.67. The molecule has 1 aliphatic rings. The Morgan fingerprint density at radius 1 is 0.943 bits per heavy atom. The minimum absolute atomic E-state index is 0.0218. The number of piperazine rings is 1. The minimum Gasteiger partial charge on any atom is -0.472 e. The second-order valence-corrected chi connectivity index (χ2v) is 8.66. The number of amides is 1. The SMILES string of the molecule is Cc1c(OCc2ccc(C(=O)N3CCN(c4ccccn4)CC3)cc2)nc2cccc(C)n2c1=O. The smallest absolute Gasteiger partial charge is 0.264 e. The average molecular weight is 470 g/mol. The zero-order valence-electron chi connectivity index (χ0n) is 19.8. The van der Waals surface area contributed by atoms with Gasteiger partial charge < -0.3 is 14.5 Å². The molecule has 0 atom stereocenters. The fourth-order valence-corrected chi connectivity index (χ4v) is 4.30. The van der Waals surface area contributed by atoms with E-state index < -0.39 is 0 Å². The Balaban J connectivity index is 1.22. The van der Waals surface area contributed by atoms with Gasteiger partial charge >= 0.3 is 0 Å². The average Bonchev–Trinajstić information content (AvgIpc) is 2.90. The summed E-state index contributed by atoms with van der Waals surface area (Å²) < 4.78 is 7.47. The quantitative estimate of drug-likeness (QED) is 0.447. The normalized spacial score (nSPS) is 13.8. The molecule has 35 heavy (non-hydrogen) atoms. The van der Waals surface area contributed by atoms with Gasteiger partial charge in [0.15, 0.2) is 0 Å². The second-order valence-electron chi connectivity index (χ2n) is 8.66. The number of aromatic nitrogens is 3. The molecule has 4 heterocycles. The van der Waals surface area contributed by atoms with Crippen molar-refractivity contribution in [3.63, 3.8) is 0 Å². The van der Waals surface area contributed by atoms with Crippen LogP contribution in [0, 0.1) is 13.8 Å². The van der Waals surface area contributed by atoms with E-state index >= 15 is 0 Å². The number of aryl methyl sites for hydroxylation is 1. The number of carbonyl (C=O) groups is 1. The van der Waals surface area contributed by atoms with Crippen LogP contribution in [0.25, 0.3) is 5.65 Å². The van der Waals surface area contributed by atoms with Crippen molar-refractivity contribution >= 4 is 17.4 Å². The maximum absolute atomic E-state index is 13.0. The lowest BCUT2D eigenvalue weighted by Gasteiger charge is -2.35. The van der Waals surface area contributed by atoms with Gasteiger partial charge in [-0.1, -0.05) is 24.3 Å². The van der Waals surface area contributed by atoms with Crippen molar-refractivity contribution in [2.24, 2.45) is 0 Å². The maximum Gasteiger partial charge on any atom is 0.264 e. The lowest BCUT2D eigenvalue weighted by Crippen LogP contribution is -2.49. The summed E-state index contributed by atoms with van der Waals surface area (Å²) in [6.07, 6.45) is 1.79. The third-order valence-electron chi connectivity index (χ3n) is 6.34. The molecule has 0 bridgehead atoms. The molecule has 0 N–H and O–H groups in total. The molecule has 1 aromatic carbocycles. The number of hydrogen-bond acceptors (Lipinski definition) is 6. The molecule has 8 nitrogen and oxygen atoms in total. The van der Waals surface area contributed by atoms with Crippen LogP contribution in [0.2, 0.25) is 0 Å². The van der Waals surface area contributed by atoms with Gasteiger partial charge in [-0.25, -0.2) is 4.98 Å². The second kappa shape index (κ2) is 9.58. The van der Waals surface area contributed by atoms with Crippen LogP contribution >= 0.6 is 0 Å². The summed E-state index contributed by atoms with van der Waals surface area (Å²) in [7, 11) is 0. The van der Waals surface area contributed by atoms with Crippen LogP contribution in [0.15, 0.2) is 71.7 Å². The van der Waals surface area contributed by atoms with Crippen molar-refractivity contribution in [3.8, 4) is 5.88 Å². The topological polar surface area (TPSA) is 80.0 Å². The van der Waals surface area contributed by atoms with Crippen molar-refractivity contribution in [1.29, 1.82) is 0 Å². The molecule has 3 aromatic heterocycles. The molecule has 5 rings (SSSR count). The lowest BCUT2D eigenvalue weighted by molar-refractivity contribution is 0.0746. The zero-order chi connectivity index (χ0) is 24.4. The van der Waals surface area contributed by atoms with Crippen LogP contribution in [0.1, 0.15) is 27.2 Å². The van der Waals surface area contributed by atoms with E-state index in [-0.39, 0.29) is 18.1 Å². The highest BCUT2D eigenvalue weighted by Crippen LogP contribution is 2.17. The third-order valence-corrected chi connectivity index (χ3v) is 6.34. The molecule has 178 valence electrons. The van der Waals surface area contributed by atoms with Gasteiger partial charge in [0.05, 0.1) is 5.56 Å². The van der Waals surface area contributed by atoms with Gasteiger partial charge in [0.2, 0.25) is 5.88 Å². The highest BCUT2D eigenvalue weighted by atomic mass is 16.5. The Bertz CT molecular complexity index is 1410. The molecule has 1 saturated heterocycles. The Hall–Kier alpha value is -4.20. The number of pyridine rings is 2. The number of ether oxygens (including phenoxy) is 1. The van der Waals surface area contributed by atoms with Crippen LogP contribution in [0.5, 0.6) is 5.88 Å². The van der Waals surface area contributed by atoms with E-state index in [1.54, 1.807) is 23.6 Å². The van der Waals surface area contributed by atoms with Gasteiger partial charge in [-0.2, -0.15) is 4.98 Å². The minimum atomic E-state index is -0.132. The van der Waals surface area contributed by atoms with E-state index in [2.05, 4.69) is 14.9 Å². The fraction of sp³-hybridized carbons (Fsp3) is 0.259. The molecule has 1 aliphatic heterocycles. The molecule has 4 aromatic rings. The highest BCUT2D eigenvalue weighted by molar-refractivity contribution is 5.94. The number of anilines is 1. The van der Waals surface area contributed by atoms with Gasteiger partial charge in [0, 0.05) is 43.6 Å². The van der Waals surface area contributed by atoms with Gasteiger partial charge in [0.25, 0.3) is 11.5 Å². The van der Waals surface area contributed by atoms with E-state index in [9.17, 15) is 9.59 Å². The third kappa shape index (κ3) is 4.59. The number of nitrogens with zero attached hydrogens (tertiary/aromatic N) is 5. The van der Waals surface area contributed by atoms with Crippen molar-refractivity contribution in [2.45, 2.75) is 20.5 Å². The van der Waals surface area contributed by atoms with Gasteiger partial charge in [-0.3, -0.25) is 14.0 Å². The van der Waals surface area contributed by atoms with E-state index in [1.807, 2.05) is 66.4 Å². The van der Waals surface area contributed by atoms with Crippen molar-refractivity contribution in [2.75, 3.05) is 31.1 Å². The Kier molecular flexibility index (Phi) is 6.18. The summed E-state index contributed by atoms with van der Waals surface area (Å²) in [5, 5.41) is 0. The zero-order valence-corrected chi connectivity index (χ0v) is 19.8. The molecule has 0 aliphatic carbocycles. The summed E-state index contributed by atoms with van der Waals surface area (Å²) in [5.41, 5.74) is 3.26. The predicted molar refractivity (Wildman–Crippen MR) is 134 cm³/mol. The fourth-order valence-electron chi connectivity index (χ4n) is 4.30. The van der Waals surface area contributed by atoms with Crippen molar-refractivity contribution in [1.82, 2.24) is 19.3 Å². The van der Waals surface area contributed by atoms with Crippen LogP contribution < -0.4 is 15.2 Å². The first kappa shape index (κ1) is 22.6. The Morgan fingerprint density at radius 2 is 1.71 bits per heavy atom. The monoisotopic (exact) mass is 469 g/mol. The first-order valence-electron chi connectivity index (χ1n) is 11.7. The largest absolute Gasteiger partial charge is 0.472 e. The van der Waals surface area contributed by atoms with Crippen LogP contribution in [-0.2, 0) is 6.61 Å². The van der Waals surface area contributed by atoms with Crippen molar-refractivity contribution < 1.29 is 9.53 Å². The molecule has 1 fully saturated rings. The first-order chi connectivity index (χ1) is 17.0. The molecule has 1 amide bonds. The van der Waals surface area contributed by atoms with Crippen LogP contribution in [-0.4, -0.2) is 51.4 Å². The number of fused-ring (bicyclic) bond motifs is 1. The molecule has 0 unspecified atom stereocenters. The molecule has 8 heteroatoms. The Morgan fingerprint density at radius 3 is 2.43 bits per heavy atom.